The number of carbonyl (C=O) groups excluding carboxylic acids is 2. The maximum atomic E-state index is 12.3. The third-order valence-electron chi connectivity index (χ3n) is 2.35. The van der Waals surface area contributed by atoms with E-state index in [1.54, 1.807) is 0 Å². The topological polar surface area (TPSA) is 76.9 Å². The number of thiazole rings is 1. The van der Waals surface area contributed by atoms with E-state index in [2.05, 4.69) is 15.4 Å². The summed E-state index contributed by atoms with van der Waals surface area (Å²) in [5, 5.41) is 7.33. The Kier molecular flexibility index (Phi) is 4.07. The van der Waals surface area contributed by atoms with Gasteiger partial charge in [0.2, 0.25) is 5.91 Å². The number of hydrogen-bond acceptors (Lipinski definition) is 5. The number of carbonyl (C=O) groups is 2. The largest absolute Gasteiger partial charge is 0.435 e. The zero-order valence-corrected chi connectivity index (χ0v) is 11.5. The van der Waals surface area contributed by atoms with E-state index in [0.717, 1.165) is 28.3 Å². The molecule has 2 heterocycles. The van der Waals surface area contributed by atoms with Crippen LogP contribution in [-0.2, 0) is 17.5 Å². The van der Waals surface area contributed by atoms with Crippen molar-refractivity contribution >= 4 is 28.2 Å². The van der Waals surface area contributed by atoms with Crippen LogP contribution < -0.4 is 5.32 Å². The van der Waals surface area contributed by atoms with Crippen LogP contribution in [0.4, 0.5) is 18.3 Å². The molecule has 1 amide bonds. The SMILES string of the molecule is CC(=O)c1csc(NC(=O)Cn2ccc(C(F)(F)F)n2)n1. The minimum absolute atomic E-state index is 0.202. The van der Waals surface area contributed by atoms with Gasteiger partial charge in [0.1, 0.15) is 12.2 Å². The molecule has 1 N–H and O–H groups in total. The van der Waals surface area contributed by atoms with E-state index >= 15 is 0 Å². The summed E-state index contributed by atoms with van der Waals surface area (Å²) in [5.41, 5.74) is -0.850. The Labute approximate surface area is 120 Å². The highest BCUT2D eigenvalue weighted by atomic mass is 32.1. The molecule has 0 atom stereocenters. The highest BCUT2D eigenvalue weighted by Crippen LogP contribution is 2.27. The number of aromatic nitrogens is 3. The van der Waals surface area contributed by atoms with Gasteiger partial charge in [0, 0.05) is 18.5 Å². The standard InChI is InChI=1S/C11H9F3N4O2S/c1-6(19)7-5-21-10(15-7)16-9(20)4-18-3-2-8(17-18)11(12,13)14/h2-3,5H,4H2,1H3,(H,15,16,20). The molecule has 0 saturated carbocycles. The van der Waals surface area contributed by atoms with Gasteiger partial charge in [0.25, 0.3) is 0 Å². The van der Waals surface area contributed by atoms with Crippen molar-refractivity contribution in [3.05, 3.63) is 29.0 Å². The van der Waals surface area contributed by atoms with Gasteiger partial charge in [-0.1, -0.05) is 0 Å². The van der Waals surface area contributed by atoms with Crippen LogP contribution in [0.25, 0.3) is 0 Å². The Balaban J connectivity index is 1.98. The molecule has 0 unspecified atom stereocenters. The summed E-state index contributed by atoms with van der Waals surface area (Å²) in [5.74, 6) is -0.829. The fourth-order valence-electron chi connectivity index (χ4n) is 1.40. The monoisotopic (exact) mass is 318 g/mol. The Hall–Kier alpha value is -2.23. The van der Waals surface area contributed by atoms with Crippen molar-refractivity contribution in [2.24, 2.45) is 0 Å². The molecule has 0 fully saturated rings. The fourth-order valence-corrected chi connectivity index (χ4v) is 2.17. The van der Waals surface area contributed by atoms with E-state index in [-0.39, 0.29) is 23.2 Å². The quantitative estimate of drug-likeness (QED) is 0.877. The van der Waals surface area contributed by atoms with Gasteiger partial charge >= 0.3 is 6.18 Å². The molecule has 0 aliphatic rings. The summed E-state index contributed by atoms with van der Waals surface area (Å²) in [6.07, 6.45) is -3.49. The van der Waals surface area contributed by atoms with E-state index in [1.807, 2.05) is 0 Å². The predicted octanol–water partition coefficient (Wildman–Crippen LogP) is 2.20. The number of alkyl halides is 3. The lowest BCUT2D eigenvalue weighted by Crippen LogP contribution is -2.19. The number of anilines is 1. The van der Waals surface area contributed by atoms with Crippen molar-refractivity contribution in [3.63, 3.8) is 0 Å². The van der Waals surface area contributed by atoms with Gasteiger partial charge < -0.3 is 5.32 Å². The molecule has 0 spiro atoms. The van der Waals surface area contributed by atoms with Gasteiger partial charge in [0.05, 0.1) is 0 Å². The first-order valence-corrected chi connectivity index (χ1v) is 6.50. The number of halogens is 3. The van der Waals surface area contributed by atoms with E-state index in [9.17, 15) is 22.8 Å². The van der Waals surface area contributed by atoms with Crippen LogP contribution in [0.1, 0.15) is 23.1 Å². The first-order valence-electron chi connectivity index (χ1n) is 5.62. The molecule has 0 radical (unpaired) electrons. The maximum Gasteiger partial charge on any atom is 0.435 e. The maximum absolute atomic E-state index is 12.3. The Morgan fingerprint density at radius 1 is 1.43 bits per heavy atom. The van der Waals surface area contributed by atoms with Gasteiger partial charge in [-0.3, -0.25) is 14.3 Å². The van der Waals surface area contributed by atoms with Gasteiger partial charge in [0.15, 0.2) is 16.6 Å². The molecule has 2 rings (SSSR count). The van der Waals surface area contributed by atoms with Crippen molar-refractivity contribution in [2.75, 3.05) is 5.32 Å². The summed E-state index contributed by atoms with van der Waals surface area (Å²) in [6, 6.07) is 0.782. The van der Waals surface area contributed by atoms with Crippen molar-refractivity contribution < 1.29 is 22.8 Å². The zero-order valence-electron chi connectivity index (χ0n) is 10.6. The second kappa shape index (κ2) is 5.64. The third-order valence-corrected chi connectivity index (χ3v) is 3.11. The summed E-state index contributed by atoms with van der Waals surface area (Å²) < 4.78 is 37.9. The molecule has 0 aromatic carbocycles. The first kappa shape index (κ1) is 15.2. The van der Waals surface area contributed by atoms with Gasteiger partial charge in [-0.15, -0.1) is 11.3 Å². The number of hydrogen-bond donors (Lipinski definition) is 1. The number of amides is 1. The molecular weight excluding hydrogens is 309 g/mol. The lowest BCUT2D eigenvalue weighted by molar-refractivity contribution is -0.141. The lowest BCUT2D eigenvalue weighted by atomic mass is 10.4. The van der Waals surface area contributed by atoms with Crippen LogP contribution in [0.15, 0.2) is 17.6 Å². The van der Waals surface area contributed by atoms with E-state index in [0.29, 0.717) is 0 Å². The van der Waals surface area contributed by atoms with Gasteiger partial charge in [-0.2, -0.15) is 18.3 Å². The van der Waals surface area contributed by atoms with Crippen LogP contribution in [0.5, 0.6) is 0 Å². The summed E-state index contributed by atoms with van der Waals surface area (Å²) >= 11 is 1.05. The van der Waals surface area contributed by atoms with Crippen molar-refractivity contribution in [1.29, 1.82) is 0 Å². The van der Waals surface area contributed by atoms with Crippen LogP contribution in [0, 0.1) is 0 Å². The molecule has 112 valence electrons. The zero-order chi connectivity index (χ0) is 15.6. The molecule has 21 heavy (non-hydrogen) atoms. The average molecular weight is 318 g/mol. The van der Waals surface area contributed by atoms with Crippen LogP contribution in [0.3, 0.4) is 0 Å². The highest BCUT2D eigenvalue weighted by molar-refractivity contribution is 7.14. The first-order chi connectivity index (χ1) is 9.75. The highest BCUT2D eigenvalue weighted by Gasteiger charge is 2.33. The van der Waals surface area contributed by atoms with E-state index in [4.69, 9.17) is 0 Å². The second-order valence-electron chi connectivity index (χ2n) is 4.04. The second-order valence-corrected chi connectivity index (χ2v) is 4.90. The Morgan fingerprint density at radius 3 is 2.67 bits per heavy atom. The Bertz CT molecular complexity index is 677. The van der Waals surface area contributed by atoms with Crippen LogP contribution in [-0.4, -0.2) is 26.5 Å². The lowest BCUT2D eigenvalue weighted by Gasteiger charge is -2.03. The van der Waals surface area contributed by atoms with E-state index < -0.39 is 17.8 Å². The minimum Gasteiger partial charge on any atom is -0.300 e. The average Bonchev–Trinajstić information content (AvgIpc) is 2.97. The minimum atomic E-state index is -4.55. The van der Waals surface area contributed by atoms with E-state index in [1.165, 1.54) is 12.3 Å². The molecule has 0 saturated heterocycles. The number of rotatable bonds is 4. The molecule has 10 heteroatoms. The molecular formula is C11H9F3N4O2S. The summed E-state index contributed by atoms with van der Waals surface area (Å²) in [6.45, 7) is 0.953. The molecule has 6 nitrogen and oxygen atoms in total. The van der Waals surface area contributed by atoms with Crippen molar-refractivity contribution in [2.45, 2.75) is 19.6 Å². The molecule has 2 aromatic rings. The Morgan fingerprint density at radius 2 is 2.14 bits per heavy atom. The summed E-state index contributed by atoms with van der Waals surface area (Å²) in [7, 11) is 0. The fraction of sp³-hybridized carbons (Fsp3) is 0.273. The molecule has 0 aliphatic carbocycles. The predicted molar refractivity (Wildman–Crippen MR) is 68.0 cm³/mol. The smallest absolute Gasteiger partial charge is 0.300 e. The van der Waals surface area contributed by atoms with Crippen LogP contribution in [0.2, 0.25) is 0 Å². The third kappa shape index (κ3) is 3.88. The number of ketones is 1. The summed E-state index contributed by atoms with van der Waals surface area (Å²) in [4.78, 5) is 26.6. The van der Waals surface area contributed by atoms with Gasteiger partial charge in [-0.25, -0.2) is 4.98 Å². The number of Topliss-reactive ketones (excluding diaryl/α,β-unsaturated/α-hetero) is 1. The molecule has 0 aliphatic heterocycles. The molecule has 0 bridgehead atoms. The van der Waals surface area contributed by atoms with Crippen molar-refractivity contribution in [1.82, 2.24) is 14.8 Å². The molecule has 2 aromatic heterocycles. The number of nitrogens with one attached hydrogen (secondary N) is 1. The normalized spacial score (nSPS) is 11.4. The van der Waals surface area contributed by atoms with Gasteiger partial charge in [-0.05, 0) is 6.07 Å². The van der Waals surface area contributed by atoms with Crippen LogP contribution >= 0.6 is 11.3 Å². The number of nitrogens with zero attached hydrogens (tertiary/aromatic N) is 3. The van der Waals surface area contributed by atoms with Crippen molar-refractivity contribution in [3.8, 4) is 0 Å².